The van der Waals surface area contributed by atoms with Crippen molar-refractivity contribution in [1.29, 1.82) is 0 Å². The van der Waals surface area contributed by atoms with Gasteiger partial charge in [-0.05, 0) is 30.3 Å². The van der Waals surface area contributed by atoms with Crippen LogP contribution in [0, 0.1) is 0 Å². The van der Waals surface area contributed by atoms with Gasteiger partial charge in [-0.15, -0.1) is 0 Å². The Labute approximate surface area is 155 Å². The van der Waals surface area contributed by atoms with Crippen molar-refractivity contribution in [2.45, 2.75) is 12.7 Å². The van der Waals surface area contributed by atoms with E-state index in [-0.39, 0.29) is 25.7 Å². The molecule has 8 heteroatoms. The fraction of sp³-hybridized carbons (Fsp3) is 0.263. The van der Waals surface area contributed by atoms with Crippen LogP contribution < -0.4 is 14.8 Å². The summed E-state index contributed by atoms with van der Waals surface area (Å²) in [7, 11) is 1.56. The number of aliphatic hydroxyl groups excluding tert-OH is 2. The third-order valence-corrected chi connectivity index (χ3v) is 3.92. The molecule has 3 aromatic rings. The second-order valence-corrected chi connectivity index (χ2v) is 5.93. The molecule has 0 saturated heterocycles. The Morgan fingerprint density at radius 2 is 2.07 bits per heavy atom. The summed E-state index contributed by atoms with van der Waals surface area (Å²) in [6.07, 6.45) is -0.864. The van der Waals surface area contributed by atoms with Crippen molar-refractivity contribution in [1.82, 2.24) is 15.3 Å². The lowest BCUT2D eigenvalue weighted by atomic mass is 10.2. The topological polar surface area (TPSA) is 117 Å². The number of fused-ring (bicyclic) bond motifs is 1. The Morgan fingerprint density at radius 3 is 2.85 bits per heavy atom. The number of nitrogens with one attached hydrogen (secondary N) is 2. The number of carbonyl (C=O) groups is 1. The summed E-state index contributed by atoms with van der Waals surface area (Å²) in [6.45, 7) is -0.117. The van der Waals surface area contributed by atoms with E-state index in [1.165, 1.54) is 0 Å². The Hall–Kier alpha value is -3.10. The standard InChI is InChI=1S/C19H21N3O5/c1-26-14-3-2-4-15(8-14)27-11-13(24)9-20-19(25)12-5-6-16-17(7-12)22-18(10-23)21-16/h2-8,13,23-24H,9-11H2,1H3,(H,20,25)(H,21,22)/t13-/m1/s1. The first-order valence-electron chi connectivity index (χ1n) is 8.41. The van der Waals surface area contributed by atoms with E-state index < -0.39 is 6.10 Å². The second-order valence-electron chi connectivity index (χ2n) is 5.93. The molecule has 27 heavy (non-hydrogen) atoms. The molecule has 4 N–H and O–H groups in total. The fourth-order valence-electron chi connectivity index (χ4n) is 2.53. The maximum Gasteiger partial charge on any atom is 0.251 e. The molecule has 0 aliphatic carbocycles. The van der Waals surface area contributed by atoms with Gasteiger partial charge in [0, 0.05) is 18.2 Å². The molecule has 1 aromatic heterocycles. The number of nitrogens with zero attached hydrogens (tertiary/aromatic N) is 1. The number of aliphatic hydroxyl groups is 2. The van der Waals surface area contributed by atoms with Crippen molar-refractivity contribution in [3.05, 3.63) is 53.9 Å². The minimum Gasteiger partial charge on any atom is -0.497 e. The van der Waals surface area contributed by atoms with Crippen LogP contribution in [-0.4, -0.2) is 52.5 Å². The van der Waals surface area contributed by atoms with E-state index >= 15 is 0 Å². The maximum atomic E-state index is 12.3. The van der Waals surface area contributed by atoms with Gasteiger partial charge in [0.2, 0.25) is 0 Å². The van der Waals surface area contributed by atoms with E-state index in [4.69, 9.17) is 14.6 Å². The third kappa shape index (κ3) is 4.75. The Balaban J connectivity index is 1.52. The average Bonchev–Trinajstić information content (AvgIpc) is 3.13. The number of H-pyrrole nitrogens is 1. The van der Waals surface area contributed by atoms with Gasteiger partial charge in [0.25, 0.3) is 5.91 Å². The van der Waals surface area contributed by atoms with Gasteiger partial charge in [-0.3, -0.25) is 4.79 Å². The molecule has 0 fully saturated rings. The fourth-order valence-corrected chi connectivity index (χ4v) is 2.53. The Morgan fingerprint density at radius 1 is 1.26 bits per heavy atom. The van der Waals surface area contributed by atoms with Gasteiger partial charge in [0.15, 0.2) is 0 Å². The largest absolute Gasteiger partial charge is 0.497 e. The monoisotopic (exact) mass is 371 g/mol. The second kappa shape index (κ2) is 8.52. The molecule has 0 aliphatic heterocycles. The van der Waals surface area contributed by atoms with Crippen molar-refractivity contribution in [3.8, 4) is 11.5 Å². The molecule has 0 radical (unpaired) electrons. The molecule has 3 rings (SSSR count). The molecular weight excluding hydrogens is 350 g/mol. The highest BCUT2D eigenvalue weighted by Crippen LogP contribution is 2.19. The van der Waals surface area contributed by atoms with E-state index in [1.54, 1.807) is 49.6 Å². The maximum absolute atomic E-state index is 12.3. The summed E-state index contributed by atoms with van der Waals surface area (Å²) in [5.41, 5.74) is 1.76. The summed E-state index contributed by atoms with van der Waals surface area (Å²) in [6, 6.07) is 12.0. The van der Waals surface area contributed by atoms with Crippen LogP contribution in [0.3, 0.4) is 0 Å². The van der Waals surface area contributed by atoms with Gasteiger partial charge >= 0.3 is 0 Å². The predicted octanol–water partition coefficient (Wildman–Crippen LogP) is 1.23. The molecule has 0 unspecified atom stereocenters. The van der Waals surface area contributed by atoms with Crippen molar-refractivity contribution in [3.63, 3.8) is 0 Å². The number of carbonyl (C=O) groups excluding carboxylic acids is 1. The Kier molecular flexibility index (Phi) is 5.90. The van der Waals surface area contributed by atoms with Crippen LogP contribution in [0.25, 0.3) is 11.0 Å². The Bertz CT molecular complexity index is 925. The van der Waals surface area contributed by atoms with Crippen molar-refractivity contribution < 1.29 is 24.5 Å². The number of aromatic nitrogens is 2. The molecule has 1 atom stereocenters. The van der Waals surface area contributed by atoms with Gasteiger partial charge in [0.1, 0.15) is 36.6 Å². The van der Waals surface area contributed by atoms with Crippen LogP contribution in [0.5, 0.6) is 11.5 Å². The highest BCUT2D eigenvalue weighted by molar-refractivity contribution is 5.97. The minimum atomic E-state index is -0.864. The SMILES string of the molecule is COc1cccc(OC[C@H](O)CNC(=O)c2ccc3nc(CO)[nH]c3c2)c1. The summed E-state index contributed by atoms with van der Waals surface area (Å²) < 4.78 is 10.6. The molecule has 0 saturated carbocycles. The number of hydrogen-bond acceptors (Lipinski definition) is 6. The van der Waals surface area contributed by atoms with Gasteiger partial charge in [0.05, 0.1) is 18.1 Å². The number of benzene rings is 2. The molecule has 2 aromatic carbocycles. The normalized spacial score (nSPS) is 12.0. The van der Waals surface area contributed by atoms with Gasteiger partial charge in [-0.25, -0.2) is 4.98 Å². The van der Waals surface area contributed by atoms with E-state index in [1.807, 2.05) is 0 Å². The van der Waals surface area contributed by atoms with Crippen molar-refractivity contribution in [2.24, 2.45) is 0 Å². The summed E-state index contributed by atoms with van der Waals surface area (Å²) >= 11 is 0. The smallest absolute Gasteiger partial charge is 0.251 e. The lowest BCUT2D eigenvalue weighted by Gasteiger charge is -2.14. The zero-order valence-electron chi connectivity index (χ0n) is 14.8. The molecule has 8 nitrogen and oxygen atoms in total. The molecule has 1 amide bonds. The van der Waals surface area contributed by atoms with E-state index in [0.29, 0.717) is 33.9 Å². The van der Waals surface area contributed by atoms with Gasteiger partial charge in [-0.1, -0.05) is 6.07 Å². The van der Waals surface area contributed by atoms with Crippen LogP contribution >= 0.6 is 0 Å². The quantitative estimate of drug-likeness (QED) is 0.473. The third-order valence-electron chi connectivity index (χ3n) is 3.92. The van der Waals surface area contributed by atoms with Gasteiger partial charge in [-0.2, -0.15) is 0 Å². The summed E-state index contributed by atoms with van der Waals surface area (Å²) in [5, 5.41) is 21.8. The number of imidazole rings is 1. The van der Waals surface area contributed by atoms with Crippen molar-refractivity contribution in [2.75, 3.05) is 20.3 Å². The summed E-state index contributed by atoms with van der Waals surface area (Å²) in [5.74, 6) is 1.35. The predicted molar refractivity (Wildman–Crippen MR) is 98.8 cm³/mol. The van der Waals surface area contributed by atoms with Crippen LogP contribution in [0.1, 0.15) is 16.2 Å². The number of methoxy groups -OCH3 is 1. The first-order valence-corrected chi connectivity index (χ1v) is 8.41. The van der Waals surface area contributed by atoms with Gasteiger partial charge < -0.3 is 30.0 Å². The first kappa shape index (κ1) is 18.7. The number of rotatable bonds is 8. The van der Waals surface area contributed by atoms with Crippen molar-refractivity contribution >= 4 is 16.9 Å². The number of ether oxygens (including phenoxy) is 2. The zero-order valence-corrected chi connectivity index (χ0v) is 14.8. The molecule has 1 heterocycles. The lowest BCUT2D eigenvalue weighted by Crippen LogP contribution is -2.35. The highest BCUT2D eigenvalue weighted by atomic mass is 16.5. The van der Waals surface area contributed by atoms with E-state index in [0.717, 1.165) is 0 Å². The number of hydrogen-bond donors (Lipinski definition) is 4. The molecular formula is C19H21N3O5. The lowest BCUT2D eigenvalue weighted by molar-refractivity contribution is 0.0843. The van der Waals surface area contributed by atoms with Crippen LogP contribution in [-0.2, 0) is 6.61 Å². The molecule has 0 bridgehead atoms. The highest BCUT2D eigenvalue weighted by Gasteiger charge is 2.12. The van der Waals surface area contributed by atoms with E-state index in [2.05, 4.69) is 15.3 Å². The molecule has 0 spiro atoms. The number of amides is 1. The number of aromatic amines is 1. The molecule has 142 valence electrons. The van der Waals surface area contributed by atoms with Crippen LogP contribution in [0.15, 0.2) is 42.5 Å². The van der Waals surface area contributed by atoms with E-state index in [9.17, 15) is 9.90 Å². The van der Waals surface area contributed by atoms with Crippen LogP contribution in [0.2, 0.25) is 0 Å². The average molecular weight is 371 g/mol. The van der Waals surface area contributed by atoms with Crippen LogP contribution in [0.4, 0.5) is 0 Å². The first-order chi connectivity index (χ1) is 13.1. The minimum absolute atomic E-state index is 0.0346. The molecule has 0 aliphatic rings. The zero-order chi connectivity index (χ0) is 19.2. The summed E-state index contributed by atoms with van der Waals surface area (Å²) in [4.78, 5) is 19.4.